The van der Waals surface area contributed by atoms with E-state index < -0.39 is 0 Å². The van der Waals surface area contributed by atoms with Gasteiger partial charge in [-0.1, -0.05) is 12.1 Å². The van der Waals surface area contributed by atoms with Crippen LogP contribution in [0.1, 0.15) is 27.7 Å². The average molecular weight is 371 g/mol. The number of carbonyl (C=O) groups excluding carboxylic acids is 1. The van der Waals surface area contributed by atoms with Crippen LogP contribution < -0.4 is 24.4 Å². The highest BCUT2D eigenvalue weighted by Crippen LogP contribution is 2.47. The summed E-state index contributed by atoms with van der Waals surface area (Å²) in [5.41, 5.74) is 3.42. The minimum absolute atomic E-state index is 0.107. The van der Waals surface area contributed by atoms with Gasteiger partial charge in [-0.2, -0.15) is 0 Å². The summed E-state index contributed by atoms with van der Waals surface area (Å²) in [5.74, 6) is 1.68. The molecule has 2 aromatic rings. The van der Waals surface area contributed by atoms with Gasteiger partial charge in [0.2, 0.25) is 12.5 Å². The van der Waals surface area contributed by atoms with Crippen LogP contribution in [0.4, 0.5) is 5.69 Å². The van der Waals surface area contributed by atoms with E-state index in [4.69, 9.17) is 18.9 Å². The first kappa shape index (κ1) is 17.5. The lowest BCUT2D eigenvalue weighted by atomic mass is 9.94. The zero-order valence-corrected chi connectivity index (χ0v) is 15.6. The van der Waals surface area contributed by atoms with Crippen molar-refractivity contribution in [1.82, 2.24) is 0 Å². The van der Waals surface area contributed by atoms with E-state index >= 15 is 0 Å². The van der Waals surface area contributed by atoms with Gasteiger partial charge in [0.25, 0.3) is 0 Å². The number of carbonyl (C=O) groups is 1. The maximum Gasteiger partial charge on any atom is 0.339 e. The van der Waals surface area contributed by atoms with Gasteiger partial charge in [-0.15, -0.1) is 0 Å². The molecule has 2 aliphatic heterocycles. The van der Waals surface area contributed by atoms with Crippen molar-refractivity contribution >= 4 is 11.7 Å². The molecule has 7 nitrogen and oxygen atoms in total. The Balaban J connectivity index is 1.79. The summed E-state index contributed by atoms with van der Waals surface area (Å²) in [6, 6.07) is 9.39. The lowest BCUT2D eigenvalue weighted by molar-refractivity contribution is -0.910. The van der Waals surface area contributed by atoms with E-state index in [0.717, 1.165) is 35.5 Å². The second-order valence-corrected chi connectivity index (χ2v) is 6.68. The zero-order valence-electron chi connectivity index (χ0n) is 15.6. The molecule has 0 aliphatic carbocycles. The summed E-state index contributed by atoms with van der Waals surface area (Å²) >= 11 is 0. The van der Waals surface area contributed by atoms with E-state index in [9.17, 15) is 4.79 Å². The van der Waals surface area contributed by atoms with Gasteiger partial charge < -0.3 is 29.2 Å². The van der Waals surface area contributed by atoms with Crippen LogP contribution in [0.2, 0.25) is 0 Å². The monoisotopic (exact) mass is 371 g/mol. The van der Waals surface area contributed by atoms with Gasteiger partial charge in [0.1, 0.15) is 0 Å². The highest BCUT2D eigenvalue weighted by molar-refractivity contribution is 5.95. The molecule has 0 spiro atoms. The number of esters is 1. The maximum atomic E-state index is 12.1. The Morgan fingerprint density at radius 2 is 2.07 bits per heavy atom. The maximum absolute atomic E-state index is 12.1. The number of para-hydroxylation sites is 1. The lowest BCUT2D eigenvalue weighted by Crippen LogP contribution is -3.11. The number of rotatable bonds is 4. The summed E-state index contributed by atoms with van der Waals surface area (Å²) < 4.78 is 21.8. The predicted octanol–water partition coefficient (Wildman–Crippen LogP) is 1.39. The van der Waals surface area contributed by atoms with Crippen molar-refractivity contribution < 1.29 is 28.6 Å². The third-order valence-corrected chi connectivity index (χ3v) is 5.15. The Morgan fingerprint density at radius 1 is 1.26 bits per heavy atom. The molecule has 0 saturated carbocycles. The van der Waals surface area contributed by atoms with Gasteiger partial charge in [-0.3, -0.25) is 0 Å². The standard InChI is InChI=1S/C20H22N2O5/c1-22-9-8-12-10-15-17(27-11-26-15)18(24-2)16(12)19(22)21-14-7-5-4-6-13(14)20(23)25-3/h4-7,10,19,21H,8-9,11H2,1-3H3/p+1/t19-/m0/s1. The Bertz CT molecular complexity index is 883. The van der Waals surface area contributed by atoms with Crippen molar-refractivity contribution in [2.24, 2.45) is 0 Å². The largest absolute Gasteiger partial charge is 0.492 e. The van der Waals surface area contributed by atoms with Crippen molar-refractivity contribution in [3.05, 3.63) is 47.0 Å². The molecule has 0 aromatic heterocycles. The van der Waals surface area contributed by atoms with Crippen molar-refractivity contribution in [3.63, 3.8) is 0 Å². The number of quaternary nitrogens is 1. The molecule has 2 aliphatic rings. The number of ether oxygens (including phenoxy) is 4. The van der Waals surface area contributed by atoms with Gasteiger partial charge in [-0.25, -0.2) is 4.79 Å². The van der Waals surface area contributed by atoms with Crippen LogP contribution in [0.15, 0.2) is 30.3 Å². The van der Waals surface area contributed by atoms with Crippen LogP contribution in [0.25, 0.3) is 0 Å². The van der Waals surface area contributed by atoms with E-state index in [1.165, 1.54) is 12.0 Å². The molecule has 0 bridgehead atoms. The number of likely N-dealkylation sites (N-methyl/N-ethyl adjacent to an activating group) is 1. The van der Waals surface area contributed by atoms with E-state index in [2.05, 4.69) is 12.4 Å². The molecule has 1 unspecified atom stereocenters. The number of methoxy groups -OCH3 is 2. The van der Waals surface area contributed by atoms with Crippen LogP contribution in [0.5, 0.6) is 17.2 Å². The molecule has 0 saturated heterocycles. The second-order valence-electron chi connectivity index (χ2n) is 6.68. The molecular weight excluding hydrogens is 348 g/mol. The molecule has 7 heteroatoms. The first-order valence-corrected chi connectivity index (χ1v) is 8.89. The molecule has 142 valence electrons. The Morgan fingerprint density at radius 3 is 2.85 bits per heavy atom. The number of hydrogen-bond donors (Lipinski definition) is 2. The minimum Gasteiger partial charge on any atom is -0.492 e. The molecule has 2 heterocycles. The number of fused-ring (bicyclic) bond motifs is 2. The highest BCUT2D eigenvalue weighted by Gasteiger charge is 2.37. The fourth-order valence-corrected chi connectivity index (χ4v) is 3.77. The van der Waals surface area contributed by atoms with Crippen LogP contribution in [-0.2, 0) is 11.2 Å². The van der Waals surface area contributed by atoms with E-state index in [1.807, 2.05) is 24.3 Å². The molecule has 27 heavy (non-hydrogen) atoms. The Labute approximate surface area is 157 Å². The van der Waals surface area contributed by atoms with Gasteiger partial charge in [0.05, 0.1) is 44.6 Å². The lowest BCUT2D eigenvalue weighted by Gasteiger charge is -2.34. The van der Waals surface area contributed by atoms with Crippen LogP contribution in [0, 0.1) is 0 Å². The Kier molecular flexibility index (Phi) is 4.53. The third kappa shape index (κ3) is 2.94. The molecule has 0 fully saturated rings. The van der Waals surface area contributed by atoms with Crippen LogP contribution in [0.3, 0.4) is 0 Å². The summed E-state index contributed by atoms with van der Waals surface area (Å²) in [6.45, 7) is 1.13. The van der Waals surface area contributed by atoms with Gasteiger partial charge in [0.15, 0.2) is 17.7 Å². The predicted molar refractivity (Wildman–Crippen MR) is 98.7 cm³/mol. The number of nitrogens with one attached hydrogen (secondary N) is 2. The Hall–Kier alpha value is -2.93. The van der Waals surface area contributed by atoms with E-state index in [0.29, 0.717) is 17.1 Å². The molecule has 2 atom stereocenters. The van der Waals surface area contributed by atoms with Crippen molar-refractivity contribution in [1.29, 1.82) is 0 Å². The number of hydrogen-bond acceptors (Lipinski definition) is 6. The number of benzene rings is 2. The second kappa shape index (κ2) is 7.00. The van der Waals surface area contributed by atoms with Crippen molar-refractivity contribution in [2.75, 3.05) is 39.9 Å². The summed E-state index contributed by atoms with van der Waals surface area (Å²) in [5, 5.41) is 3.52. The van der Waals surface area contributed by atoms with Gasteiger partial charge in [0, 0.05) is 6.42 Å². The zero-order chi connectivity index (χ0) is 19.0. The summed E-state index contributed by atoms with van der Waals surface area (Å²) in [7, 11) is 5.14. The van der Waals surface area contributed by atoms with Crippen LogP contribution >= 0.6 is 0 Å². The molecule has 2 aromatic carbocycles. The van der Waals surface area contributed by atoms with E-state index in [1.54, 1.807) is 13.2 Å². The average Bonchev–Trinajstić information content (AvgIpc) is 3.16. The summed E-state index contributed by atoms with van der Waals surface area (Å²) in [6.07, 6.45) is 0.800. The quantitative estimate of drug-likeness (QED) is 0.792. The van der Waals surface area contributed by atoms with Gasteiger partial charge >= 0.3 is 5.97 Å². The molecular formula is C20H23N2O5+. The fraction of sp³-hybridized carbons (Fsp3) is 0.350. The molecule has 0 amide bonds. The van der Waals surface area contributed by atoms with Crippen molar-refractivity contribution in [3.8, 4) is 17.2 Å². The van der Waals surface area contributed by atoms with Crippen molar-refractivity contribution in [2.45, 2.75) is 12.6 Å². The number of anilines is 1. The first-order valence-electron chi connectivity index (χ1n) is 8.89. The molecule has 4 rings (SSSR count). The third-order valence-electron chi connectivity index (χ3n) is 5.15. The minimum atomic E-state index is -0.371. The van der Waals surface area contributed by atoms with Gasteiger partial charge in [-0.05, 0) is 23.8 Å². The molecule has 0 radical (unpaired) electrons. The first-order chi connectivity index (χ1) is 13.1. The molecule has 2 N–H and O–H groups in total. The topological polar surface area (TPSA) is 70.5 Å². The smallest absolute Gasteiger partial charge is 0.339 e. The SMILES string of the molecule is COC(=O)c1ccccc1N[C@@H]1c2c(cc3c(c2OC)OCO3)CC[NH+]1C. The normalized spacial score (nSPS) is 20.0. The highest BCUT2D eigenvalue weighted by atomic mass is 16.7. The van der Waals surface area contributed by atoms with Crippen LogP contribution in [-0.4, -0.2) is 40.6 Å². The summed E-state index contributed by atoms with van der Waals surface area (Å²) in [4.78, 5) is 13.4. The van der Waals surface area contributed by atoms with E-state index in [-0.39, 0.29) is 18.9 Å². The fourth-order valence-electron chi connectivity index (χ4n) is 3.77.